The molecule has 0 unspecified atom stereocenters. The molecule has 5 atom stereocenters. The second-order valence-electron chi connectivity index (χ2n) is 8.88. The van der Waals surface area contributed by atoms with Crippen LogP contribution in [-0.4, -0.2) is 48.4 Å². The van der Waals surface area contributed by atoms with Crippen molar-refractivity contribution in [2.45, 2.75) is 31.0 Å². The molecule has 5 rings (SSSR count). The highest BCUT2D eigenvalue weighted by Gasteiger charge is 2.67. The molecule has 3 aliphatic rings. The van der Waals surface area contributed by atoms with E-state index in [2.05, 4.69) is 10.1 Å². The Morgan fingerprint density at radius 1 is 1.14 bits per heavy atom. The molecule has 3 aliphatic heterocycles. The van der Waals surface area contributed by atoms with Crippen molar-refractivity contribution in [2.24, 2.45) is 11.8 Å². The van der Waals surface area contributed by atoms with E-state index in [9.17, 15) is 22.8 Å². The lowest BCUT2D eigenvalue weighted by Crippen LogP contribution is -2.41. The number of methoxy groups -OCH3 is 1. The first-order valence-electron chi connectivity index (χ1n) is 11.1. The average molecular weight is 488 g/mol. The highest BCUT2D eigenvalue weighted by Crippen LogP contribution is 2.53. The van der Waals surface area contributed by atoms with Gasteiger partial charge in [0.2, 0.25) is 11.8 Å². The molecule has 0 saturated carbocycles. The van der Waals surface area contributed by atoms with Crippen LogP contribution in [0.4, 0.5) is 18.9 Å². The van der Waals surface area contributed by atoms with Gasteiger partial charge >= 0.3 is 6.36 Å². The Labute approximate surface area is 199 Å². The van der Waals surface area contributed by atoms with Gasteiger partial charge < -0.3 is 24.4 Å². The van der Waals surface area contributed by atoms with Crippen LogP contribution in [0.5, 0.6) is 11.5 Å². The predicted molar refractivity (Wildman–Crippen MR) is 119 cm³/mol. The smallest absolute Gasteiger partial charge is 0.497 e. The Morgan fingerprint density at radius 2 is 1.80 bits per heavy atom. The summed E-state index contributed by atoms with van der Waals surface area (Å²) < 4.78 is 52.4. The molecule has 0 radical (unpaired) electrons. The van der Waals surface area contributed by atoms with E-state index in [0.29, 0.717) is 18.0 Å². The summed E-state index contributed by atoms with van der Waals surface area (Å²) in [4.78, 5) is 28.5. The summed E-state index contributed by atoms with van der Waals surface area (Å²) in [7, 11) is 1.58. The third-order valence-electron chi connectivity index (χ3n) is 6.85. The quantitative estimate of drug-likeness (QED) is 0.621. The molecule has 10 heteroatoms. The number of fused-ring (bicyclic) bond motifs is 1. The zero-order valence-corrected chi connectivity index (χ0v) is 18.9. The van der Waals surface area contributed by atoms with Gasteiger partial charge in [-0.25, -0.2) is 0 Å². The number of halogens is 3. The van der Waals surface area contributed by atoms with Gasteiger partial charge in [0.05, 0.1) is 37.6 Å². The number of rotatable bonds is 6. The molecule has 2 fully saturated rings. The molecule has 2 saturated heterocycles. The van der Waals surface area contributed by atoms with Crippen molar-refractivity contribution in [3.8, 4) is 11.5 Å². The molecular weight excluding hydrogens is 465 g/mol. The van der Waals surface area contributed by atoms with Crippen LogP contribution in [0, 0.1) is 11.8 Å². The molecule has 0 aliphatic carbocycles. The highest BCUT2D eigenvalue weighted by atomic mass is 19.4. The van der Waals surface area contributed by atoms with Gasteiger partial charge in [0.1, 0.15) is 17.1 Å². The molecule has 1 spiro atoms. The Morgan fingerprint density at radius 3 is 2.43 bits per heavy atom. The molecule has 0 aromatic heterocycles. The lowest BCUT2D eigenvalue weighted by atomic mass is 9.76. The summed E-state index contributed by atoms with van der Waals surface area (Å²) in [6.07, 6.45) is -1.68. The Hall–Kier alpha value is -3.53. The minimum atomic E-state index is -4.80. The zero-order chi connectivity index (χ0) is 25.0. The van der Waals surface area contributed by atoms with Crippen molar-refractivity contribution in [1.82, 2.24) is 4.90 Å². The highest BCUT2D eigenvalue weighted by molar-refractivity contribution is 5.99. The average Bonchev–Trinajstić information content (AvgIpc) is 3.47. The van der Waals surface area contributed by atoms with Crippen LogP contribution in [-0.2, 0) is 14.3 Å². The van der Waals surface area contributed by atoms with E-state index in [1.165, 1.54) is 12.1 Å². The van der Waals surface area contributed by atoms with Crippen LogP contribution < -0.4 is 14.8 Å². The molecule has 7 nitrogen and oxygen atoms in total. The number of hydrogen-bond acceptors (Lipinski definition) is 5. The Kier molecular flexibility index (Phi) is 5.51. The maximum atomic E-state index is 13.5. The molecule has 2 amide bonds. The van der Waals surface area contributed by atoms with Gasteiger partial charge in [-0.15, -0.1) is 13.2 Å². The van der Waals surface area contributed by atoms with E-state index < -0.39 is 41.6 Å². The number of carbonyl (C=O) groups excluding carboxylic acids is 2. The predicted octanol–water partition coefficient (Wildman–Crippen LogP) is 4.08. The van der Waals surface area contributed by atoms with E-state index >= 15 is 0 Å². The van der Waals surface area contributed by atoms with Gasteiger partial charge in [-0.1, -0.05) is 24.3 Å². The number of anilines is 1. The first kappa shape index (κ1) is 23.2. The van der Waals surface area contributed by atoms with Crippen LogP contribution >= 0.6 is 0 Å². The number of ether oxygens (including phenoxy) is 3. The van der Waals surface area contributed by atoms with Crippen LogP contribution in [0.1, 0.15) is 18.5 Å². The second kappa shape index (κ2) is 8.30. The van der Waals surface area contributed by atoms with E-state index in [4.69, 9.17) is 9.47 Å². The summed E-state index contributed by atoms with van der Waals surface area (Å²) in [6.45, 7) is 2.25. The van der Waals surface area contributed by atoms with Gasteiger partial charge in [-0.3, -0.25) is 9.59 Å². The van der Waals surface area contributed by atoms with Crippen molar-refractivity contribution in [3.05, 3.63) is 66.2 Å². The number of benzene rings is 2. The largest absolute Gasteiger partial charge is 0.573 e. The number of nitrogens with one attached hydrogen (secondary N) is 1. The molecule has 1 N–H and O–H groups in total. The maximum Gasteiger partial charge on any atom is 0.573 e. The molecule has 2 aromatic rings. The minimum Gasteiger partial charge on any atom is -0.497 e. The van der Waals surface area contributed by atoms with Gasteiger partial charge in [0.25, 0.3) is 0 Å². The third-order valence-corrected chi connectivity index (χ3v) is 6.85. The van der Waals surface area contributed by atoms with E-state index in [-0.39, 0.29) is 11.9 Å². The number of amides is 2. The summed E-state index contributed by atoms with van der Waals surface area (Å²) in [6, 6.07) is 12.1. The molecule has 184 valence electrons. The summed E-state index contributed by atoms with van der Waals surface area (Å²) in [5.41, 5.74) is 0.338. The monoisotopic (exact) mass is 488 g/mol. The van der Waals surface area contributed by atoms with Gasteiger partial charge in [-0.2, -0.15) is 0 Å². The van der Waals surface area contributed by atoms with Crippen molar-refractivity contribution >= 4 is 17.5 Å². The number of hydrogen-bond donors (Lipinski definition) is 1. The van der Waals surface area contributed by atoms with E-state index in [1.807, 2.05) is 37.3 Å². The van der Waals surface area contributed by atoms with Crippen molar-refractivity contribution in [3.63, 3.8) is 0 Å². The standard InChI is InChI=1S/C25H23F3N2O5/c1-14(15-3-7-17(33-2)8-4-15)30-13-24-12-11-19(35-24)20(21(24)23(30)32)22(31)29-16-5-9-18(10-6-16)34-25(26,27)28/h3-12,14,19-21H,13H2,1-2H3,(H,29,31)/t14-,19-,20+,21+,24-/m0/s1. The summed E-state index contributed by atoms with van der Waals surface area (Å²) in [5, 5.41) is 2.70. The molecule has 2 aromatic carbocycles. The molecular formula is C25H23F3N2O5. The van der Waals surface area contributed by atoms with Crippen LogP contribution in [0.2, 0.25) is 0 Å². The number of likely N-dealkylation sites (tertiary alicyclic amines) is 1. The second-order valence-corrected chi connectivity index (χ2v) is 8.88. The lowest BCUT2D eigenvalue weighted by Gasteiger charge is -2.28. The Bertz CT molecular complexity index is 1170. The molecule has 3 heterocycles. The first-order chi connectivity index (χ1) is 16.6. The SMILES string of the molecule is COc1ccc([C@H](C)N2C[C@]34C=C[C@H](O3)[C@@H](C(=O)Nc3ccc(OC(F)(F)F)cc3)[C@@H]4C2=O)cc1. The summed E-state index contributed by atoms with van der Waals surface area (Å²) in [5.74, 6) is -1.73. The number of nitrogens with zero attached hydrogens (tertiary/aromatic N) is 1. The molecule has 35 heavy (non-hydrogen) atoms. The van der Waals surface area contributed by atoms with Crippen molar-refractivity contribution < 1.29 is 37.0 Å². The van der Waals surface area contributed by atoms with Crippen LogP contribution in [0.15, 0.2) is 60.7 Å². The van der Waals surface area contributed by atoms with E-state index in [1.54, 1.807) is 18.1 Å². The van der Waals surface area contributed by atoms with Crippen molar-refractivity contribution in [2.75, 3.05) is 19.0 Å². The lowest BCUT2D eigenvalue weighted by molar-refractivity contribution is -0.274. The minimum absolute atomic E-state index is 0.172. The van der Waals surface area contributed by atoms with Crippen molar-refractivity contribution in [1.29, 1.82) is 0 Å². The topological polar surface area (TPSA) is 77.1 Å². The summed E-state index contributed by atoms with van der Waals surface area (Å²) >= 11 is 0. The fraction of sp³-hybridized carbons (Fsp3) is 0.360. The maximum absolute atomic E-state index is 13.5. The zero-order valence-electron chi connectivity index (χ0n) is 18.9. The third kappa shape index (κ3) is 4.12. The van der Waals surface area contributed by atoms with Crippen LogP contribution in [0.25, 0.3) is 0 Å². The number of carbonyl (C=O) groups is 2. The van der Waals surface area contributed by atoms with E-state index in [0.717, 1.165) is 17.7 Å². The van der Waals surface area contributed by atoms with Gasteiger partial charge in [-0.05, 0) is 48.9 Å². The first-order valence-corrected chi connectivity index (χ1v) is 11.1. The fourth-order valence-corrected chi connectivity index (χ4v) is 5.18. The number of alkyl halides is 3. The van der Waals surface area contributed by atoms with Gasteiger partial charge in [0.15, 0.2) is 0 Å². The van der Waals surface area contributed by atoms with Crippen LogP contribution in [0.3, 0.4) is 0 Å². The molecule has 2 bridgehead atoms. The van der Waals surface area contributed by atoms with Gasteiger partial charge in [0, 0.05) is 5.69 Å². The fourth-order valence-electron chi connectivity index (χ4n) is 5.18. The Balaban J connectivity index is 1.32. The normalized spacial score (nSPS) is 27.6.